The topological polar surface area (TPSA) is 68.0 Å². The van der Waals surface area contributed by atoms with E-state index in [1.807, 2.05) is 25.2 Å². The van der Waals surface area contributed by atoms with Crippen molar-refractivity contribution in [2.75, 3.05) is 32.7 Å². The molecule has 0 bridgehead atoms. The van der Waals surface area contributed by atoms with E-state index < -0.39 is 23.8 Å². The van der Waals surface area contributed by atoms with Gasteiger partial charge in [0.2, 0.25) is 0 Å². The third-order valence-electron chi connectivity index (χ3n) is 7.59. The second-order valence-electron chi connectivity index (χ2n) is 9.27. The number of amides is 2. The molecule has 0 radical (unpaired) electrons. The number of nitrogens with zero attached hydrogens (tertiary/aromatic N) is 2. The Balaban J connectivity index is 1.70. The van der Waals surface area contributed by atoms with Gasteiger partial charge in [0.05, 0.1) is 30.5 Å². The lowest BCUT2D eigenvalue weighted by Crippen LogP contribution is -2.54. The zero-order valence-electron chi connectivity index (χ0n) is 19.9. The maximum Gasteiger partial charge on any atom is 0.416 e. The van der Waals surface area contributed by atoms with E-state index in [2.05, 4.69) is 4.90 Å². The number of rotatable bonds is 5. The van der Waals surface area contributed by atoms with Crippen LogP contribution in [0.3, 0.4) is 0 Å². The number of benzene rings is 2. The third-order valence-corrected chi connectivity index (χ3v) is 7.91. The van der Waals surface area contributed by atoms with Gasteiger partial charge in [-0.15, -0.1) is 0 Å². The summed E-state index contributed by atoms with van der Waals surface area (Å²) in [5, 5.41) is 0.0494. The van der Waals surface area contributed by atoms with Crippen molar-refractivity contribution in [1.29, 1.82) is 0 Å². The number of anilines is 1. The van der Waals surface area contributed by atoms with Gasteiger partial charge in [-0.2, -0.15) is 13.2 Å². The summed E-state index contributed by atoms with van der Waals surface area (Å²) < 4.78 is 51.1. The minimum Gasteiger partial charge on any atom is -0.493 e. The molecule has 1 aliphatic carbocycles. The summed E-state index contributed by atoms with van der Waals surface area (Å²) >= 11 is 6.28. The van der Waals surface area contributed by atoms with Crippen molar-refractivity contribution in [3.05, 3.63) is 52.5 Å². The number of nitrogens with two attached hydrogens (primary N) is 1. The Hall–Kier alpha value is -2.65. The van der Waals surface area contributed by atoms with Gasteiger partial charge in [-0.25, -0.2) is 4.79 Å². The predicted molar refractivity (Wildman–Crippen MR) is 128 cm³/mol. The maximum atomic E-state index is 13.4. The van der Waals surface area contributed by atoms with Crippen LogP contribution in [0.4, 0.5) is 23.7 Å². The maximum absolute atomic E-state index is 13.4. The van der Waals surface area contributed by atoms with Crippen LogP contribution in [0.15, 0.2) is 36.4 Å². The minimum absolute atomic E-state index is 0.0155. The molecule has 0 unspecified atom stereocenters. The van der Waals surface area contributed by atoms with Gasteiger partial charge in [-0.3, -0.25) is 4.90 Å². The third kappa shape index (κ3) is 4.51. The number of carbonyl (C=O) groups excluding carboxylic acids is 1. The molecule has 2 fully saturated rings. The van der Waals surface area contributed by atoms with Crippen LogP contribution in [0.1, 0.15) is 36.8 Å². The number of fused-ring (bicyclic) bond motifs is 1. The minimum atomic E-state index is -4.57. The average Bonchev–Trinajstić information content (AvgIpc) is 3.16. The van der Waals surface area contributed by atoms with Crippen LogP contribution >= 0.6 is 11.6 Å². The fraction of sp³-hybridized carbons (Fsp3) is 0.480. The van der Waals surface area contributed by atoms with Gasteiger partial charge in [0.25, 0.3) is 0 Å². The largest absolute Gasteiger partial charge is 0.493 e. The number of methoxy groups -OCH3 is 2. The van der Waals surface area contributed by atoms with Crippen LogP contribution < -0.4 is 20.1 Å². The SMILES string of the molecule is COc1ccc([C@@]23CC[C@@H](N(C(N)=O)c4cc(C(F)(F)F)ccc4Cl)C[C@@H]2N(C)CC3)cc1OC. The molecule has 2 aliphatic rings. The number of alkyl halides is 3. The Kier molecular flexibility index (Phi) is 6.85. The normalized spacial score (nSPS) is 24.7. The molecule has 6 nitrogen and oxygen atoms in total. The molecule has 1 saturated carbocycles. The van der Waals surface area contributed by atoms with E-state index in [0.717, 1.165) is 43.1 Å². The number of halogens is 4. The van der Waals surface area contributed by atoms with Crippen LogP contribution in [0.5, 0.6) is 11.5 Å². The second kappa shape index (κ2) is 9.43. The first-order chi connectivity index (χ1) is 16.5. The summed E-state index contributed by atoms with van der Waals surface area (Å²) in [7, 11) is 5.21. The molecule has 2 aromatic rings. The molecule has 1 heterocycles. The summed E-state index contributed by atoms with van der Waals surface area (Å²) in [6, 6.07) is 7.73. The fourth-order valence-electron chi connectivity index (χ4n) is 5.85. The van der Waals surface area contributed by atoms with Crippen LogP contribution in [0.25, 0.3) is 0 Å². The molecule has 2 N–H and O–H groups in total. The molecule has 2 aromatic carbocycles. The van der Waals surface area contributed by atoms with Crippen molar-refractivity contribution < 1.29 is 27.4 Å². The van der Waals surface area contributed by atoms with Crippen molar-refractivity contribution in [3.63, 3.8) is 0 Å². The van der Waals surface area contributed by atoms with Gasteiger partial charge in [0.1, 0.15) is 0 Å². The quantitative estimate of drug-likeness (QED) is 0.579. The highest BCUT2D eigenvalue weighted by atomic mass is 35.5. The van der Waals surface area contributed by atoms with Crippen LogP contribution in [-0.2, 0) is 11.6 Å². The van der Waals surface area contributed by atoms with E-state index in [-0.39, 0.29) is 22.2 Å². The van der Waals surface area contributed by atoms with Crippen molar-refractivity contribution in [3.8, 4) is 11.5 Å². The zero-order valence-corrected chi connectivity index (χ0v) is 20.6. The lowest BCUT2D eigenvalue weighted by atomic mass is 9.64. The van der Waals surface area contributed by atoms with E-state index >= 15 is 0 Å². The molecule has 3 atom stereocenters. The Morgan fingerprint density at radius 1 is 1.14 bits per heavy atom. The number of likely N-dealkylation sites (N-methyl/N-ethyl adjacent to an activating group) is 1. The van der Waals surface area contributed by atoms with E-state index in [9.17, 15) is 18.0 Å². The van der Waals surface area contributed by atoms with Crippen LogP contribution in [0.2, 0.25) is 5.02 Å². The first kappa shape index (κ1) is 25.4. The van der Waals surface area contributed by atoms with Gasteiger partial charge in [-0.05, 0) is 75.2 Å². The highest BCUT2D eigenvalue weighted by Crippen LogP contribution is 2.51. The molecule has 10 heteroatoms. The Morgan fingerprint density at radius 2 is 1.86 bits per heavy atom. The molecular formula is C25H29ClF3N3O3. The smallest absolute Gasteiger partial charge is 0.416 e. The number of hydrogen-bond acceptors (Lipinski definition) is 4. The van der Waals surface area contributed by atoms with Crippen molar-refractivity contribution in [2.24, 2.45) is 5.73 Å². The standard InChI is InChI=1S/C25H29ClF3N3O3/c1-31-11-10-24(15-5-7-20(34-2)21(13-15)35-3)9-8-17(14-22(24)31)32(23(30)33)19-12-16(25(27,28)29)4-6-18(19)26/h4-7,12-13,17,22H,8-11,14H2,1-3H3,(H2,30,33)/t17-,22+,24+/m1/s1. The number of likely N-dealkylation sites (tertiary alicyclic amines) is 1. The molecule has 190 valence electrons. The van der Waals surface area contributed by atoms with Gasteiger partial charge in [0, 0.05) is 17.5 Å². The molecule has 35 heavy (non-hydrogen) atoms. The van der Waals surface area contributed by atoms with Gasteiger partial charge >= 0.3 is 12.2 Å². The Morgan fingerprint density at radius 3 is 2.49 bits per heavy atom. The van der Waals surface area contributed by atoms with Crippen LogP contribution in [-0.4, -0.2) is 50.8 Å². The van der Waals surface area contributed by atoms with E-state index in [1.54, 1.807) is 14.2 Å². The summed E-state index contributed by atoms with van der Waals surface area (Å²) in [6.07, 6.45) is -1.82. The predicted octanol–water partition coefficient (Wildman–Crippen LogP) is 5.46. The molecule has 1 saturated heterocycles. The monoisotopic (exact) mass is 511 g/mol. The van der Waals surface area contributed by atoms with Crippen molar-refractivity contribution >= 4 is 23.3 Å². The van der Waals surface area contributed by atoms with Crippen molar-refractivity contribution in [1.82, 2.24) is 4.90 Å². The molecule has 4 rings (SSSR count). The van der Waals surface area contributed by atoms with E-state index in [4.69, 9.17) is 26.8 Å². The second-order valence-corrected chi connectivity index (χ2v) is 9.68. The van der Waals surface area contributed by atoms with Crippen LogP contribution in [0, 0.1) is 0 Å². The van der Waals surface area contributed by atoms with Gasteiger partial charge in [0.15, 0.2) is 11.5 Å². The fourth-order valence-corrected chi connectivity index (χ4v) is 6.06. The first-order valence-electron chi connectivity index (χ1n) is 11.4. The Bertz CT molecular complexity index is 1110. The van der Waals surface area contributed by atoms with Crippen molar-refractivity contribution in [2.45, 2.75) is 49.4 Å². The number of urea groups is 1. The number of carbonyl (C=O) groups is 1. The molecular weight excluding hydrogens is 483 g/mol. The summed E-state index contributed by atoms with van der Waals surface area (Å²) in [5.41, 5.74) is 5.75. The Labute approximate surface area is 207 Å². The summed E-state index contributed by atoms with van der Waals surface area (Å²) in [4.78, 5) is 16.0. The lowest BCUT2D eigenvalue weighted by Gasteiger charge is -2.47. The summed E-state index contributed by atoms with van der Waals surface area (Å²) in [6.45, 7) is 0.854. The zero-order chi connectivity index (χ0) is 25.5. The highest BCUT2D eigenvalue weighted by molar-refractivity contribution is 6.33. The van der Waals surface area contributed by atoms with E-state index in [1.165, 1.54) is 4.90 Å². The summed E-state index contributed by atoms with van der Waals surface area (Å²) in [5.74, 6) is 1.28. The first-order valence-corrected chi connectivity index (χ1v) is 11.8. The number of hydrogen-bond donors (Lipinski definition) is 1. The highest BCUT2D eigenvalue weighted by Gasteiger charge is 2.52. The average molecular weight is 512 g/mol. The molecule has 1 aliphatic heterocycles. The molecule has 2 amide bonds. The number of ether oxygens (including phenoxy) is 2. The molecule has 0 aromatic heterocycles. The van der Waals surface area contributed by atoms with Gasteiger partial charge < -0.3 is 20.1 Å². The number of primary amides is 1. The lowest BCUT2D eigenvalue weighted by molar-refractivity contribution is -0.137. The molecule has 0 spiro atoms. The van der Waals surface area contributed by atoms with E-state index in [0.29, 0.717) is 24.3 Å². The van der Waals surface area contributed by atoms with Gasteiger partial charge in [-0.1, -0.05) is 17.7 Å².